The first kappa shape index (κ1) is 15.5. The van der Waals surface area contributed by atoms with E-state index in [4.69, 9.17) is 10.5 Å². The quantitative estimate of drug-likeness (QED) is 0.860. The number of nitrogens with one attached hydrogen (secondary N) is 1. The van der Waals surface area contributed by atoms with Crippen molar-refractivity contribution in [3.63, 3.8) is 0 Å². The molecule has 6 nitrogen and oxygen atoms in total. The Morgan fingerprint density at radius 1 is 1.29 bits per heavy atom. The minimum atomic E-state index is -0.556. The van der Waals surface area contributed by atoms with Crippen LogP contribution in [0, 0.1) is 0 Å². The lowest BCUT2D eigenvalue weighted by Gasteiger charge is -2.34. The van der Waals surface area contributed by atoms with Crippen molar-refractivity contribution in [2.24, 2.45) is 5.73 Å². The van der Waals surface area contributed by atoms with Crippen LogP contribution in [-0.2, 0) is 9.53 Å². The van der Waals surface area contributed by atoms with Crippen molar-refractivity contribution >= 4 is 17.5 Å². The number of para-hydroxylation sites is 1. The largest absolute Gasteiger partial charge is 0.373 e. The number of nitrogens with zero attached hydrogens (tertiary/aromatic N) is 1. The van der Waals surface area contributed by atoms with Crippen LogP contribution in [0.25, 0.3) is 0 Å². The van der Waals surface area contributed by atoms with Crippen molar-refractivity contribution in [1.29, 1.82) is 0 Å². The molecular weight excluding hydrogens is 270 g/mol. The van der Waals surface area contributed by atoms with Crippen molar-refractivity contribution in [2.45, 2.75) is 26.1 Å². The van der Waals surface area contributed by atoms with Gasteiger partial charge in [0.1, 0.15) is 0 Å². The Bertz CT molecular complexity index is 523. The zero-order valence-corrected chi connectivity index (χ0v) is 12.3. The van der Waals surface area contributed by atoms with Gasteiger partial charge in [-0.2, -0.15) is 0 Å². The molecule has 2 rings (SSSR count). The molecule has 1 fully saturated rings. The topological polar surface area (TPSA) is 84.7 Å². The van der Waals surface area contributed by atoms with E-state index < -0.39 is 5.91 Å². The van der Waals surface area contributed by atoms with Crippen molar-refractivity contribution < 1.29 is 14.3 Å². The minimum absolute atomic E-state index is 0.111. The zero-order chi connectivity index (χ0) is 15.4. The molecule has 0 aromatic heterocycles. The second kappa shape index (κ2) is 6.69. The van der Waals surface area contributed by atoms with Crippen LogP contribution in [0.3, 0.4) is 0 Å². The highest BCUT2D eigenvalue weighted by atomic mass is 16.5. The summed E-state index contributed by atoms with van der Waals surface area (Å²) >= 11 is 0. The van der Waals surface area contributed by atoms with E-state index in [0.717, 1.165) is 13.1 Å². The lowest BCUT2D eigenvalue weighted by molar-refractivity contribution is -0.121. The van der Waals surface area contributed by atoms with E-state index in [1.807, 2.05) is 18.7 Å². The maximum atomic E-state index is 12.1. The van der Waals surface area contributed by atoms with Gasteiger partial charge in [-0.05, 0) is 26.0 Å². The maximum Gasteiger partial charge on any atom is 0.250 e. The number of anilines is 1. The summed E-state index contributed by atoms with van der Waals surface area (Å²) in [4.78, 5) is 25.5. The van der Waals surface area contributed by atoms with Gasteiger partial charge in [-0.3, -0.25) is 14.5 Å². The fourth-order valence-corrected chi connectivity index (χ4v) is 2.61. The molecule has 3 N–H and O–H groups in total. The van der Waals surface area contributed by atoms with Gasteiger partial charge in [0.05, 0.1) is 30.0 Å². The lowest BCUT2D eigenvalue weighted by atomic mass is 10.1. The second-order valence-corrected chi connectivity index (χ2v) is 5.41. The number of hydrogen-bond donors (Lipinski definition) is 2. The fourth-order valence-electron chi connectivity index (χ4n) is 2.61. The average Bonchev–Trinajstić information content (AvgIpc) is 2.37. The molecule has 1 heterocycles. The van der Waals surface area contributed by atoms with Crippen LogP contribution < -0.4 is 11.1 Å². The van der Waals surface area contributed by atoms with Crippen molar-refractivity contribution in [2.75, 3.05) is 25.0 Å². The van der Waals surface area contributed by atoms with Gasteiger partial charge in [0.2, 0.25) is 5.91 Å². The highest BCUT2D eigenvalue weighted by Crippen LogP contribution is 2.15. The van der Waals surface area contributed by atoms with E-state index in [1.165, 1.54) is 0 Å². The summed E-state index contributed by atoms with van der Waals surface area (Å²) in [6, 6.07) is 6.72. The smallest absolute Gasteiger partial charge is 0.250 e. The third kappa shape index (κ3) is 4.27. The molecule has 1 aromatic carbocycles. The molecule has 0 saturated carbocycles. The molecule has 1 saturated heterocycles. The predicted octanol–water partition coefficient (Wildman–Crippen LogP) is 0.833. The number of rotatable bonds is 4. The number of benzene rings is 1. The molecule has 1 aliphatic rings. The number of carbonyl (C=O) groups excluding carboxylic acids is 2. The molecule has 6 heteroatoms. The molecule has 0 unspecified atom stereocenters. The van der Waals surface area contributed by atoms with Gasteiger partial charge in [-0.1, -0.05) is 12.1 Å². The first-order valence-corrected chi connectivity index (χ1v) is 7.02. The number of carbonyl (C=O) groups is 2. The molecule has 0 spiro atoms. The molecule has 21 heavy (non-hydrogen) atoms. The molecular formula is C15H21N3O3. The van der Waals surface area contributed by atoms with E-state index in [9.17, 15) is 9.59 Å². The standard InChI is InChI=1S/C15H21N3O3/c1-10-7-18(8-11(2)21-10)9-14(19)17-13-6-4-3-5-12(13)15(16)20/h3-6,10-11H,7-9H2,1-2H3,(H2,16,20)(H,17,19)/t10-,11+. The number of morpholine rings is 1. The Morgan fingerprint density at radius 3 is 2.52 bits per heavy atom. The maximum absolute atomic E-state index is 12.1. The Hall–Kier alpha value is -1.92. The first-order valence-electron chi connectivity index (χ1n) is 7.02. The molecule has 1 aromatic rings. The third-order valence-electron chi connectivity index (χ3n) is 3.33. The monoisotopic (exact) mass is 291 g/mol. The van der Waals surface area contributed by atoms with Gasteiger partial charge in [-0.15, -0.1) is 0 Å². The SMILES string of the molecule is C[C@@H]1CN(CC(=O)Nc2ccccc2C(N)=O)C[C@H](C)O1. The van der Waals surface area contributed by atoms with Crippen molar-refractivity contribution in [3.05, 3.63) is 29.8 Å². The first-order chi connectivity index (χ1) is 9.95. The average molecular weight is 291 g/mol. The van der Waals surface area contributed by atoms with Gasteiger partial charge >= 0.3 is 0 Å². The molecule has 114 valence electrons. The van der Waals surface area contributed by atoms with Gasteiger partial charge in [0, 0.05) is 13.1 Å². The zero-order valence-electron chi connectivity index (χ0n) is 12.3. The van der Waals surface area contributed by atoms with E-state index >= 15 is 0 Å². The molecule has 0 aliphatic carbocycles. The number of nitrogens with two attached hydrogens (primary N) is 1. The molecule has 1 aliphatic heterocycles. The minimum Gasteiger partial charge on any atom is -0.373 e. The van der Waals surface area contributed by atoms with E-state index in [2.05, 4.69) is 5.32 Å². The van der Waals surface area contributed by atoms with Crippen LogP contribution in [0.2, 0.25) is 0 Å². The van der Waals surface area contributed by atoms with Crippen LogP contribution in [-0.4, -0.2) is 48.6 Å². The van der Waals surface area contributed by atoms with Crippen molar-refractivity contribution in [1.82, 2.24) is 4.90 Å². The van der Waals surface area contributed by atoms with Crippen LogP contribution in [0.1, 0.15) is 24.2 Å². The van der Waals surface area contributed by atoms with Crippen LogP contribution in [0.5, 0.6) is 0 Å². The number of amides is 2. The normalized spacial score (nSPS) is 22.8. The molecule has 2 amide bonds. The highest BCUT2D eigenvalue weighted by molar-refractivity contribution is 6.03. The summed E-state index contributed by atoms with van der Waals surface area (Å²) in [5.74, 6) is -0.718. The van der Waals surface area contributed by atoms with Gasteiger partial charge in [0.15, 0.2) is 0 Å². The second-order valence-electron chi connectivity index (χ2n) is 5.41. The summed E-state index contributed by atoms with van der Waals surface area (Å²) in [5.41, 5.74) is 6.06. The highest BCUT2D eigenvalue weighted by Gasteiger charge is 2.24. The lowest BCUT2D eigenvalue weighted by Crippen LogP contribution is -2.48. The van der Waals surface area contributed by atoms with Crippen LogP contribution in [0.4, 0.5) is 5.69 Å². The summed E-state index contributed by atoms with van der Waals surface area (Å²) in [6.07, 6.45) is 0.221. The van der Waals surface area contributed by atoms with Crippen LogP contribution in [0.15, 0.2) is 24.3 Å². The number of hydrogen-bond acceptors (Lipinski definition) is 4. The van der Waals surface area contributed by atoms with Gasteiger partial charge < -0.3 is 15.8 Å². The third-order valence-corrected chi connectivity index (χ3v) is 3.33. The van der Waals surface area contributed by atoms with E-state index in [0.29, 0.717) is 11.3 Å². The molecule has 0 bridgehead atoms. The number of primary amides is 1. The summed E-state index contributed by atoms with van der Waals surface area (Å²) in [5, 5.41) is 2.75. The summed E-state index contributed by atoms with van der Waals surface area (Å²) in [7, 11) is 0. The van der Waals surface area contributed by atoms with Gasteiger partial charge in [0.25, 0.3) is 5.91 Å². The Balaban J connectivity index is 1.97. The van der Waals surface area contributed by atoms with Crippen molar-refractivity contribution in [3.8, 4) is 0 Å². The Morgan fingerprint density at radius 2 is 1.90 bits per heavy atom. The Labute approximate surface area is 124 Å². The fraction of sp³-hybridized carbons (Fsp3) is 0.467. The van der Waals surface area contributed by atoms with Gasteiger partial charge in [-0.25, -0.2) is 0 Å². The summed E-state index contributed by atoms with van der Waals surface area (Å²) < 4.78 is 5.63. The van der Waals surface area contributed by atoms with E-state index in [1.54, 1.807) is 24.3 Å². The van der Waals surface area contributed by atoms with Crippen LogP contribution >= 0.6 is 0 Å². The van der Waals surface area contributed by atoms with E-state index in [-0.39, 0.29) is 24.7 Å². The predicted molar refractivity (Wildman–Crippen MR) is 80.0 cm³/mol. The number of ether oxygens (including phenoxy) is 1. The molecule has 0 radical (unpaired) electrons. The Kier molecular flexibility index (Phi) is 4.93. The molecule has 2 atom stereocenters. The summed E-state index contributed by atoms with van der Waals surface area (Å²) in [6.45, 7) is 5.68.